The van der Waals surface area contributed by atoms with Gasteiger partial charge in [-0.1, -0.05) is 11.2 Å². The Morgan fingerprint density at radius 1 is 0.878 bits per heavy atom. The third-order valence-electron chi connectivity index (χ3n) is 7.16. The number of aromatic nitrogens is 3. The fraction of sp³-hybridized carbons (Fsp3) is 0.303. The van der Waals surface area contributed by atoms with Crippen LogP contribution in [0.5, 0.6) is 28.7 Å². The van der Waals surface area contributed by atoms with Gasteiger partial charge in [-0.15, -0.1) is 5.10 Å². The Labute approximate surface area is 283 Å². The molecule has 0 bridgehead atoms. The zero-order valence-electron chi connectivity index (χ0n) is 28.3. The van der Waals surface area contributed by atoms with E-state index in [-0.39, 0.29) is 45.5 Å². The van der Waals surface area contributed by atoms with Crippen LogP contribution in [0.1, 0.15) is 26.3 Å². The molecule has 260 valence electrons. The lowest BCUT2D eigenvalue weighted by Crippen LogP contribution is -2.32. The Hall–Kier alpha value is -5.64. The molecule has 0 saturated carbocycles. The van der Waals surface area contributed by atoms with Gasteiger partial charge < -0.3 is 38.3 Å². The summed E-state index contributed by atoms with van der Waals surface area (Å²) in [6.07, 6.45) is 0.816. The predicted molar refractivity (Wildman–Crippen MR) is 180 cm³/mol. The molecular formula is C33H37N5O10S. The highest BCUT2D eigenvalue weighted by Crippen LogP contribution is 2.43. The highest BCUT2D eigenvalue weighted by Gasteiger charge is 2.36. The van der Waals surface area contributed by atoms with E-state index in [1.165, 1.54) is 53.9 Å². The summed E-state index contributed by atoms with van der Waals surface area (Å²) in [5.74, 6) is 1.50. The van der Waals surface area contributed by atoms with Gasteiger partial charge in [0.15, 0.2) is 22.1 Å². The number of carbonyl (C=O) groups is 1. The Morgan fingerprint density at radius 2 is 1.55 bits per heavy atom. The first-order chi connectivity index (χ1) is 23.3. The summed E-state index contributed by atoms with van der Waals surface area (Å²) in [6, 6.07) is 14.5. The number of nitrogens with zero attached hydrogens (tertiary/aromatic N) is 4. The SMILES string of the molecule is COc1ccc(CN(c2noc3cc(Nc4ccn(C(=O)OC(C)(C)C)n4)cc(OC)c23)S(=O)(=O)c2c(OC)cccc2OC)c(OC)c1. The number of sulfonamides is 1. The molecule has 0 radical (unpaired) electrons. The van der Waals surface area contributed by atoms with Crippen molar-refractivity contribution in [1.29, 1.82) is 0 Å². The van der Waals surface area contributed by atoms with Crippen LogP contribution in [0.2, 0.25) is 0 Å². The van der Waals surface area contributed by atoms with Crippen molar-refractivity contribution in [3.8, 4) is 28.7 Å². The van der Waals surface area contributed by atoms with Gasteiger partial charge in [0.25, 0.3) is 10.0 Å². The van der Waals surface area contributed by atoms with E-state index in [1.807, 2.05) is 0 Å². The minimum Gasteiger partial charge on any atom is -0.497 e. The van der Waals surface area contributed by atoms with Crippen molar-refractivity contribution in [3.63, 3.8) is 0 Å². The first kappa shape index (κ1) is 34.7. The molecule has 0 spiro atoms. The van der Waals surface area contributed by atoms with Gasteiger partial charge in [-0.2, -0.15) is 4.68 Å². The van der Waals surface area contributed by atoms with Crippen molar-refractivity contribution in [1.82, 2.24) is 14.9 Å². The van der Waals surface area contributed by atoms with E-state index >= 15 is 0 Å². The van der Waals surface area contributed by atoms with Gasteiger partial charge >= 0.3 is 6.09 Å². The molecular weight excluding hydrogens is 658 g/mol. The standard InChI is InChI=1S/C33H37N5O10S/c1-33(2,3)47-32(39)37-15-14-28(35-37)34-21-16-26(46-8)29-27(17-21)48-36-31(29)38(19-20-12-13-22(42-4)18-25(20)45-7)49(40,41)30-23(43-5)10-9-11-24(30)44-6/h9-18H,19H2,1-8H3,(H,34,35). The lowest BCUT2D eigenvalue weighted by molar-refractivity contribution is 0.0515. The van der Waals surface area contributed by atoms with E-state index < -0.39 is 21.7 Å². The largest absolute Gasteiger partial charge is 0.497 e. The summed E-state index contributed by atoms with van der Waals surface area (Å²) < 4.78 is 70.3. The summed E-state index contributed by atoms with van der Waals surface area (Å²) in [5, 5.41) is 11.8. The van der Waals surface area contributed by atoms with Crippen molar-refractivity contribution in [2.75, 3.05) is 45.2 Å². The number of fused-ring (bicyclic) bond motifs is 1. The second-order valence-corrected chi connectivity index (χ2v) is 13.3. The molecule has 0 atom stereocenters. The molecule has 49 heavy (non-hydrogen) atoms. The van der Waals surface area contributed by atoms with Crippen molar-refractivity contribution in [3.05, 3.63) is 66.4 Å². The monoisotopic (exact) mass is 695 g/mol. The fourth-order valence-corrected chi connectivity index (χ4v) is 6.66. The third kappa shape index (κ3) is 7.13. The van der Waals surface area contributed by atoms with Gasteiger partial charge in [0.2, 0.25) is 0 Å². The van der Waals surface area contributed by atoms with Gasteiger partial charge in [0, 0.05) is 41.7 Å². The molecule has 2 aromatic heterocycles. The van der Waals surface area contributed by atoms with Crippen molar-refractivity contribution in [2.24, 2.45) is 0 Å². The number of nitrogens with one attached hydrogen (secondary N) is 1. The number of hydrogen-bond acceptors (Lipinski definition) is 13. The van der Waals surface area contributed by atoms with E-state index in [2.05, 4.69) is 15.6 Å². The summed E-state index contributed by atoms with van der Waals surface area (Å²) in [6.45, 7) is 5.03. The maximum Gasteiger partial charge on any atom is 0.435 e. The van der Waals surface area contributed by atoms with Crippen LogP contribution in [0, 0.1) is 0 Å². The molecule has 0 aliphatic heterocycles. The molecule has 2 heterocycles. The topological polar surface area (TPSA) is 166 Å². The van der Waals surface area contributed by atoms with Crippen molar-refractivity contribution < 1.29 is 46.2 Å². The van der Waals surface area contributed by atoms with Crippen LogP contribution in [-0.4, -0.2) is 70.6 Å². The molecule has 15 nitrogen and oxygen atoms in total. The fourth-order valence-electron chi connectivity index (χ4n) is 4.97. The molecule has 0 unspecified atom stereocenters. The number of rotatable bonds is 12. The molecule has 5 rings (SSSR count). The number of anilines is 3. The predicted octanol–water partition coefficient (Wildman–Crippen LogP) is 5.99. The number of hydrogen-bond donors (Lipinski definition) is 1. The summed E-state index contributed by atoms with van der Waals surface area (Å²) in [4.78, 5) is 12.2. The molecule has 0 fully saturated rings. The number of ether oxygens (including phenoxy) is 6. The van der Waals surface area contributed by atoms with Gasteiger partial charge in [-0.05, 0) is 45.0 Å². The van der Waals surface area contributed by atoms with E-state index in [0.29, 0.717) is 28.6 Å². The number of methoxy groups -OCH3 is 5. The Balaban J connectivity index is 1.62. The zero-order valence-corrected chi connectivity index (χ0v) is 29.1. The molecule has 1 N–H and O–H groups in total. The molecule has 0 amide bonds. The van der Waals surface area contributed by atoms with Crippen LogP contribution < -0.4 is 33.3 Å². The summed E-state index contributed by atoms with van der Waals surface area (Å²) in [5.41, 5.74) is 0.446. The molecule has 0 aliphatic rings. The lowest BCUT2D eigenvalue weighted by Gasteiger charge is -2.25. The first-order valence-electron chi connectivity index (χ1n) is 14.8. The van der Waals surface area contributed by atoms with Crippen LogP contribution >= 0.6 is 0 Å². The molecule has 5 aromatic rings. The van der Waals surface area contributed by atoms with Gasteiger partial charge in [-0.3, -0.25) is 0 Å². The van der Waals surface area contributed by atoms with E-state index in [0.717, 1.165) is 8.99 Å². The van der Waals surface area contributed by atoms with Crippen LogP contribution in [0.15, 0.2) is 70.2 Å². The summed E-state index contributed by atoms with van der Waals surface area (Å²) >= 11 is 0. The quantitative estimate of drug-likeness (QED) is 0.162. The van der Waals surface area contributed by atoms with E-state index in [4.69, 9.17) is 32.9 Å². The smallest absolute Gasteiger partial charge is 0.435 e. The van der Waals surface area contributed by atoms with Crippen molar-refractivity contribution in [2.45, 2.75) is 37.8 Å². The van der Waals surface area contributed by atoms with Crippen LogP contribution in [0.3, 0.4) is 0 Å². The Morgan fingerprint density at radius 3 is 2.16 bits per heavy atom. The lowest BCUT2D eigenvalue weighted by atomic mass is 10.1. The molecule has 16 heteroatoms. The van der Waals surface area contributed by atoms with Crippen molar-refractivity contribution >= 4 is 44.4 Å². The van der Waals surface area contributed by atoms with Crippen LogP contribution in [-0.2, 0) is 21.3 Å². The summed E-state index contributed by atoms with van der Waals surface area (Å²) in [7, 11) is 2.66. The van der Waals surface area contributed by atoms with Gasteiger partial charge in [0.1, 0.15) is 39.7 Å². The third-order valence-corrected chi connectivity index (χ3v) is 8.96. The minimum absolute atomic E-state index is 0.0584. The Kier molecular flexibility index (Phi) is 9.80. The van der Waals surface area contributed by atoms with Gasteiger partial charge in [0.05, 0.1) is 42.1 Å². The molecule has 3 aromatic carbocycles. The maximum absolute atomic E-state index is 14.7. The first-order valence-corrected chi connectivity index (χ1v) is 16.3. The second kappa shape index (κ2) is 13.8. The Bertz CT molecular complexity index is 2060. The van der Waals surface area contributed by atoms with E-state index in [9.17, 15) is 13.2 Å². The van der Waals surface area contributed by atoms with Crippen LogP contribution in [0.25, 0.3) is 11.0 Å². The number of benzene rings is 3. The average molecular weight is 696 g/mol. The number of carbonyl (C=O) groups excluding carboxylic acids is 1. The van der Waals surface area contributed by atoms with E-state index in [1.54, 1.807) is 63.2 Å². The normalized spacial score (nSPS) is 11.6. The molecule has 0 saturated heterocycles. The highest BCUT2D eigenvalue weighted by atomic mass is 32.2. The maximum atomic E-state index is 14.7. The van der Waals surface area contributed by atoms with Crippen LogP contribution in [0.4, 0.5) is 22.1 Å². The van der Waals surface area contributed by atoms with Gasteiger partial charge in [-0.25, -0.2) is 17.5 Å². The second-order valence-electron chi connectivity index (χ2n) is 11.5. The highest BCUT2D eigenvalue weighted by molar-refractivity contribution is 7.93. The average Bonchev–Trinajstić information content (AvgIpc) is 3.73. The minimum atomic E-state index is -4.50. The zero-order chi connectivity index (χ0) is 35.5. The molecule has 0 aliphatic carbocycles.